The Hall–Kier alpha value is -3.67. The van der Waals surface area contributed by atoms with Crippen LogP contribution in [0.25, 0.3) is 17.3 Å². The fourth-order valence-corrected chi connectivity index (χ4v) is 6.48. The number of carbonyl (C=O) groups excluding carboxylic acids is 1. The van der Waals surface area contributed by atoms with E-state index in [1.807, 2.05) is 67.6 Å². The Morgan fingerprint density at radius 3 is 2.37 bits per heavy atom. The quantitative estimate of drug-likeness (QED) is 0.261. The first-order valence-corrected chi connectivity index (χ1v) is 15.6. The van der Waals surface area contributed by atoms with Crippen molar-refractivity contribution >= 4 is 51.0 Å². The Bertz CT molecular complexity index is 1790. The maximum Gasteiger partial charge on any atom is 0.282 e. The Morgan fingerprint density at radius 2 is 1.74 bits per heavy atom. The van der Waals surface area contributed by atoms with Crippen molar-refractivity contribution in [3.63, 3.8) is 0 Å². The van der Waals surface area contributed by atoms with Gasteiger partial charge in [0.25, 0.3) is 16.1 Å². The SMILES string of the molecule is COc1ccc(/C=C2\CN(S(=O)(=O)N(C)C)Cc3c(C(=O)NC(C)c4ccccc4)nn(-c4ccc(Cl)cc4Cl)c32)cc1. The molecule has 2 heterocycles. The van der Waals surface area contributed by atoms with Gasteiger partial charge in [0.15, 0.2) is 5.69 Å². The van der Waals surface area contributed by atoms with Gasteiger partial charge in [-0.15, -0.1) is 0 Å². The molecule has 1 N–H and O–H groups in total. The molecule has 1 unspecified atom stereocenters. The van der Waals surface area contributed by atoms with Gasteiger partial charge in [-0.3, -0.25) is 4.79 Å². The van der Waals surface area contributed by atoms with Gasteiger partial charge < -0.3 is 10.1 Å². The minimum atomic E-state index is -3.86. The van der Waals surface area contributed by atoms with Crippen LogP contribution in [0.4, 0.5) is 0 Å². The van der Waals surface area contributed by atoms with E-state index in [0.29, 0.717) is 38.3 Å². The molecule has 3 aromatic carbocycles. The van der Waals surface area contributed by atoms with Crippen molar-refractivity contribution in [1.82, 2.24) is 23.7 Å². The van der Waals surface area contributed by atoms with Crippen LogP contribution in [0.3, 0.4) is 0 Å². The maximum atomic E-state index is 13.9. The van der Waals surface area contributed by atoms with Crippen molar-refractivity contribution in [3.05, 3.63) is 111 Å². The summed E-state index contributed by atoms with van der Waals surface area (Å²) in [5.74, 6) is 0.247. The third-order valence-corrected chi connectivity index (χ3v) is 9.58. The van der Waals surface area contributed by atoms with E-state index in [9.17, 15) is 13.2 Å². The lowest BCUT2D eigenvalue weighted by molar-refractivity contribution is 0.0933. The number of rotatable bonds is 8. The Morgan fingerprint density at radius 1 is 1.05 bits per heavy atom. The van der Waals surface area contributed by atoms with E-state index in [0.717, 1.165) is 15.4 Å². The van der Waals surface area contributed by atoms with Crippen molar-refractivity contribution in [2.75, 3.05) is 27.7 Å². The number of carbonyl (C=O) groups is 1. The average Bonchev–Trinajstić information content (AvgIpc) is 3.37. The molecular weight excluding hydrogens is 609 g/mol. The van der Waals surface area contributed by atoms with Crippen LogP contribution in [-0.4, -0.2) is 60.5 Å². The number of nitrogens with zero attached hydrogens (tertiary/aromatic N) is 4. The number of halogens is 2. The number of hydrogen-bond acceptors (Lipinski definition) is 5. The molecule has 1 aromatic heterocycles. The number of ether oxygens (including phenoxy) is 1. The number of aromatic nitrogens is 2. The zero-order valence-electron chi connectivity index (χ0n) is 24.1. The fraction of sp³-hybridized carbons (Fsp3) is 0.226. The smallest absolute Gasteiger partial charge is 0.282 e. The molecule has 0 radical (unpaired) electrons. The summed E-state index contributed by atoms with van der Waals surface area (Å²) in [6, 6.07) is 21.6. The standard InChI is InChI=1S/C31H31Cl2N5O4S/c1-20(22-8-6-5-7-9-22)34-31(39)29-26-19-37(43(40,41)36(2)3)18-23(16-21-10-13-25(42-4)14-11-21)30(26)38(35-29)28-15-12-24(32)17-27(28)33/h5-17,20H,18-19H2,1-4H3,(H,34,39)/b23-16+. The molecule has 1 amide bonds. The van der Waals surface area contributed by atoms with E-state index < -0.39 is 16.1 Å². The molecule has 0 bridgehead atoms. The molecule has 43 heavy (non-hydrogen) atoms. The highest BCUT2D eigenvalue weighted by Gasteiger charge is 2.37. The van der Waals surface area contributed by atoms with Crippen LogP contribution in [0.5, 0.6) is 5.75 Å². The van der Waals surface area contributed by atoms with Crippen molar-refractivity contribution in [1.29, 1.82) is 0 Å². The first-order valence-electron chi connectivity index (χ1n) is 13.4. The largest absolute Gasteiger partial charge is 0.497 e. The topological polar surface area (TPSA) is 96.8 Å². The molecule has 4 aromatic rings. The maximum absolute atomic E-state index is 13.9. The van der Waals surface area contributed by atoms with Gasteiger partial charge in [-0.2, -0.15) is 22.1 Å². The van der Waals surface area contributed by atoms with Crippen LogP contribution in [0.2, 0.25) is 10.0 Å². The summed E-state index contributed by atoms with van der Waals surface area (Å²) < 4.78 is 36.3. The summed E-state index contributed by atoms with van der Waals surface area (Å²) in [5.41, 5.74) is 4.00. The lowest BCUT2D eigenvalue weighted by atomic mass is 9.98. The Kier molecular flexibility index (Phi) is 8.96. The zero-order valence-corrected chi connectivity index (χ0v) is 26.4. The molecule has 0 saturated heterocycles. The van der Waals surface area contributed by atoms with Crippen LogP contribution in [0.15, 0.2) is 72.8 Å². The van der Waals surface area contributed by atoms with E-state index in [2.05, 4.69) is 5.32 Å². The van der Waals surface area contributed by atoms with Crippen molar-refractivity contribution in [2.24, 2.45) is 0 Å². The van der Waals surface area contributed by atoms with Crippen molar-refractivity contribution in [3.8, 4) is 11.4 Å². The van der Waals surface area contributed by atoms with Crippen LogP contribution in [-0.2, 0) is 16.8 Å². The first-order chi connectivity index (χ1) is 20.5. The normalized spacial score (nSPS) is 15.4. The van der Waals surface area contributed by atoms with Gasteiger partial charge in [-0.1, -0.05) is 65.7 Å². The summed E-state index contributed by atoms with van der Waals surface area (Å²) in [7, 11) is 0.677. The lowest BCUT2D eigenvalue weighted by Crippen LogP contribution is -2.43. The highest BCUT2D eigenvalue weighted by Crippen LogP contribution is 2.37. The van der Waals surface area contributed by atoms with Gasteiger partial charge in [0.05, 0.1) is 29.6 Å². The summed E-state index contributed by atoms with van der Waals surface area (Å²) in [6.45, 7) is 1.85. The number of hydrogen-bond donors (Lipinski definition) is 1. The number of nitrogens with one attached hydrogen (secondary N) is 1. The molecule has 0 spiro atoms. The van der Waals surface area contributed by atoms with Crippen molar-refractivity contribution < 1.29 is 17.9 Å². The van der Waals surface area contributed by atoms with E-state index in [4.69, 9.17) is 33.0 Å². The van der Waals surface area contributed by atoms with Gasteiger partial charge in [-0.25, -0.2) is 4.68 Å². The Balaban J connectivity index is 1.71. The predicted molar refractivity (Wildman–Crippen MR) is 170 cm³/mol. The van der Waals surface area contributed by atoms with Crippen LogP contribution in [0, 0.1) is 0 Å². The van der Waals surface area contributed by atoms with Crippen LogP contribution in [0.1, 0.15) is 45.8 Å². The fourth-order valence-electron chi connectivity index (χ4n) is 4.94. The first kappa shape index (κ1) is 30.8. The van der Waals surface area contributed by atoms with Gasteiger partial charge in [-0.05, 0) is 60.0 Å². The van der Waals surface area contributed by atoms with Gasteiger partial charge in [0.1, 0.15) is 5.75 Å². The molecule has 5 rings (SSSR count). The molecule has 1 atom stereocenters. The van der Waals surface area contributed by atoms with E-state index in [-0.39, 0.29) is 24.8 Å². The molecule has 224 valence electrons. The van der Waals surface area contributed by atoms with E-state index in [1.54, 1.807) is 30.0 Å². The predicted octanol–water partition coefficient (Wildman–Crippen LogP) is 5.84. The van der Waals surface area contributed by atoms with Gasteiger partial charge in [0, 0.05) is 37.8 Å². The molecule has 0 fully saturated rings. The summed E-state index contributed by atoms with van der Waals surface area (Å²) in [4.78, 5) is 13.9. The highest BCUT2D eigenvalue weighted by atomic mass is 35.5. The zero-order chi connectivity index (χ0) is 30.9. The summed E-state index contributed by atoms with van der Waals surface area (Å²) in [6.07, 6.45) is 1.88. The van der Waals surface area contributed by atoms with Crippen LogP contribution >= 0.6 is 23.2 Å². The summed E-state index contributed by atoms with van der Waals surface area (Å²) in [5, 5.41) is 8.56. The molecule has 12 heteroatoms. The van der Waals surface area contributed by atoms with E-state index >= 15 is 0 Å². The van der Waals surface area contributed by atoms with Crippen molar-refractivity contribution in [2.45, 2.75) is 19.5 Å². The average molecular weight is 641 g/mol. The molecule has 1 aliphatic rings. The molecule has 9 nitrogen and oxygen atoms in total. The van der Waals surface area contributed by atoms with Gasteiger partial charge in [0.2, 0.25) is 0 Å². The highest BCUT2D eigenvalue weighted by molar-refractivity contribution is 7.86. The molecule has 1 aliphatic heterocycles. The van der Waals surface area contributed by atoms with Gasteiger partial charge >= 0.3 is 0 Å². The van der Waals surface area contributed by atoms with Crippen LogP contribution < -0.4 is 10.1 Å². The second-order valence-corrected chi connectivity index (χ2v) is 13.3. The summed E-state index contributed by atoms with van der Waals surface area (Å²) >= 11 is 12.9. The Labute approximate surface area is 261 Å². The third-order valence-electron chi connectivity index (χ3n) is 7.21. The lowest BCUT2D eigenvalue weighted by Gasteiger charge is -2.31. The minimum absolute atomic E-state index is 0.0396. The molecular formula is C31H31Cl2N5O4S. The minimum Gasteiger partial charge on any atom is -0.497 e. The number of amides is 1. The number of benzene rings is 3. The molecule has 0 saturated carbocycles. The second kappa shape index (κ2) is 12.5. The molecule has 0 aliphatic carbocycles. The third kappa shape index (κ3) is 6.34. The number of methoxy groups -OCH3 is 1. The monoisotopic (exact) mass is 639 g/mol. The number of fused-ring (bicyclic) bond motifs is 1. The van der Waals surface area contributed by atoms with E-state index in [1.165, 1.54) is 18.4 Å². The second-order valence-electron chi connectivity index (χ2n) is 10.3.